The first-order chi connectivity index (χ1) is 10.1. The topological polar surface area (TPSA) is 84.3 Å². The van der Waals surface area contributed by atoms with Crippen LogP contribution in [0.4, 0.5) is 5.95 Å². The van der Waals surface area contributed by atoms with Crippen molar-refractivity contribution in [3.63, 3.8) is 0 Å². The Morgan fingerprint density at radius 1 is 1.14 bits per heavy atom. The van der Waals surface area contributed by atoms with E-state index in [2.05, 4.69) is 30.5 Å². The summed E-state index contributed by atoms with van der Waals surface area (Å²) in [5.41, 5.74) is 2.80. The minimum absolute atomic E-state index is 0.298. The van der Waals surface area contributed by atoms with Gasteiger partial charge in [-0.15, -0.1) is 0 Å². The first kappa shape index (κ1) is 13.3. The molecule has 0 unspecified atom stereocenters. The van der Waals surface area contributed by atoms with Gasteiger partial charge in [-0.2, -0.15) is 5.10 Å². The zero-order valence-corrected chi connectivity index (χ0v) is 12.2. The maximum absolute atomic E-state index is 4.40. The summed E-state index contributed by atoms with van der Waals surface area (Å²) < 4.78 is 1.97. The van der Waals surface area contributed by atoms with Gasteiger partial charge in [0.2, 0.25) is 5.95 Å². The lowest BCUT2D eigenvalue weighted by atomic mass is 10.3. The van der Waals surface area contributed by atoms with Crippen LogP contribution in [0.2, 0.25) is 0 Å². The highest BCUT2D eigenvalue weighted by Crippen LogP contribution is 2.21. The lowest BCUT2D eigenvalue weighted by molar-refractivity contribution is 0.874. The summed E-state index contributed by atoms with van der Waals surface area (Å²) >= 11 is 0. The van der Waals surface area contributed by atoms with E-state index in [9.17, 15) is 0 Å². The minimum atomic E-state index is 0.298. The minimum Gasteiger partial charge on any atom is -0.352 e. The molecule has 21 heavy (non-hydrogen) atoms. The van der Waals surface area contributed by atoms with Crippen LogP contribution in [-0.2, 0) is 0 Å². The van der Waals surface area contributed by atoms with E-state index < -0.39 is 0 Å². The van der Waals surface area contributed by atoms with E-state index in [1.807, 2.05) is 31.5 Å². The molecule has 0 aliphatic carbocycles. The Labute approximate surface area is 122 Å². The molecular formula is C14H17N7. The molecular weight excluding hydrogens is 266 g/mol. The van der Waals surface area contributed by atoms with Crippen molar-refractivity contribution in [3.05, 3.63) is 36.7 Å². The van der Waals surface area contributed by atoms with E-state index in [-0.39, 0.29) is 0 Å². The van der Waals surface area contributed by atoms with E-state index in [4.69, 9.17) is 0 Å². The number of H-pyrrole nitrogens is 1. The van der Waals surface area contributed by atoms with Gasteiger partial charge in [-0.3, -0.25) is 9.67 Å². The molecule has 0 saturated heterocycles. The number of hydrogen-bond acceptors (Lipinski definition) is 5. The van der Waals surface area contributed by atoms with E-state index in [1.165, 1.54) is 0 Å². The van der Waals surface area contributed by atoms with Gasteiger partial charge in [0.1, 0.15) is 5.82 Å². The van der Waals surface area contributed by atoms with Crippen LogP contribution in [0, 0.1) is 6.92 Å². The molecule has 0 radical (unpaired) electrons. The zero-order chi connectivity index (χ0) is 14.8. The standard InChI is InChI=1S/C14H17N7/c1-9(2)19-14-16-6-11(7-17-14)13-15-4-5-21(13)12-8-18-20-10(12)3/h4-9H,1-3H3,(H,18,20)(H,16,17,19). The summed E-state index contributed by atoms with van der Waals surface area (Å²) in [4.78, 5) is 13.0. The van der Waals surface area contributed by atoms with Crippen molar-refractivity contribution in [1.29, 1.82) is 0 Å². The molecule has 3 heterocycles. The van der Waals surface area contributed by atoms with Crippen LogP contribution in [0.25, 0.3) is 17.1 Å². The number of aryl methyl sites for hydroxylation is 1. The van der Waals surface area contributed by atoms with Crippen LogP contribution < -0.4 is 5.32 Å². The van der Waals surface area contributed by atoms with Crippen molar-refractivity contribution in [2.75, 3.05) is 5.32 Å². The zero-order valence-electron chi connectivity index (χ0n) is 12.2. The second-order valence-electron chi connectivity index (χ2n) is 5.10. The Balaban J connectivity index is 1.95. The molecule has 0 spiro atoms. The summed E-state index contributed by atoms with van der Waals surface area (Å²) in [6.07, 6.45) is 8.96. The van der Waals surface area contributed by atoms with E-state index in [0.717, 1.165) is 22.8 Å². The van der Waals surface area contributed by atoms with Crippen LogP contribution in [0.1, 0.15) is 19.5 Å². The summed E-state index contributed by atoms with van der Waals surface area (Å²) in [5, 5.41) is 10.1. The van der Waals surface area contributed by atoms with Crippen LogP contribution in [-0.4, -0.2) is 35.8 Å². The molecule has 0 saturated carbocycles. The monoisotopic (exact) mass is 283 g/mol. The summed E-state index contributed by atoms with van der Waals surface area (Å²) in [6.45, 7) is 6.07. The third kappa shape index (κ3) is 2.62. The SMILES string of the molecule is Cc1[nH]ncc1-n1ccnc1-c1cnc(NC(C)C)nc1. The number of nitrogens with zero attached hydrogens (tertiary/aromatic N) is 5. The number of anilines is 1. The lowest BCUT2D eigenvalue weighted by Crippen LogP contribution is -2.12. The van der Waals surface area contributed by atoms with Crippen molar-refractivity contribution in [1.82, 2.24) is 29.7 Å². The highest BCUT2D eigenvalue weighted by molar-refractivity contribution is 5.57. The van der Waals surface area contributed by atoms with Crippen LogP contribution in [0.5, 0.6) is 0 Å². The van der Waals surface area contributed by atoms with Crippen molar-refractivity contribution >= 4 is 5.95 Å². The van der Waals surface area contributed by atoms with Gasteiger partial charge in [0, 0.05) is 30.8 Å². The number of imidazole rings is 1. The number of rotatable bonds is 4. The van der Waals surface area contributed by atoms with Crippen molar-refractivity contribution in [2.45, 2.75) is 26.8 Å². The van der Waals surface area contributed by atoms with Gasteiger partial charge in [0.15, 0.2) is 0 Å². The molecule has 2 N–H and O–H groups in total. The Kier molecular flexibility index (Phi) is 3.39. The average molecular weight is 283 g/mol. The van der Waals surface area contributed by atoms with Gasteiger partial charge in [-0.1, -0.05) is 0 Å². The van der Waals surface area contributed by atoms with E-state index in [0.29, 0.717) is 12.0 Å². The molecule has 0 aliphatic rings. The first-order valence-electron chi connectivity index (χ1n) is 6.78. The molecule has 0 aliphatic heterocycles. The normalized spacial score (nSPS) is 11.0. The lowest BCUT2D eigenvalue weighted by Gasteiger charge is -2.09. The van der Waals surface area contributed by atoms with Gasteiger partial charge < -0.3 is 5.32 Å². The largest absolute Gasteiger partial charge is 0.352 e. The summed E-state index contributed by atoms with van der Waals surface area (Å²) in [6, 6.07) is 0.298. The third-order valence-corrected chi connectivity index (χ3v) is 3.03. The molecule has 3 aromatic heterocycles. The van der Waals surface area contributed by atoms with Crippen molar-refractivity contribution in [3.8, 4) is 17.1 Å². The predicted octanol–water partition coefficient (Wildman–Crippen LogP) is 2.18. The van der Waals surface area contributed by atoms with Gasteiger partial charge in [0.25, 0.3) is 0 Å². The maximum Gasteiger partial charge on any atom is 0.222 e. The van der Waals surface area contributed by atoms with Crippen LogP contribution in [0.15, 0.2) is 31.0 Å². The Hall–Kier alpha value is -2.70. The number of aromatic nitrogens is 6. The van der Waals surface area contributed by atoms with Gasteiger partial charge >= 0.3 is 0 Å². The second kappa shape index (κ2) is 5.35. The van der Waals surface area contributed by atoms with Gasteiger partial charge in [-0.05, 0) is 20.8 Å². The van der Waals surface area contributed by atoms with E-state index >= 15 is 0 Å². The molecule has 0 amide bonds. The molecule has 0 atom stereocenters. The molecule has 0 aromatic carbocycles. The fraction of sp³-hybridized carbons (Fsp3) is 0.286. The first-order valence-corrected chi connectivity index (χ1v) is 6.78. The fourth-order valence-corrected chi connectivity index (χ4v) is 2.07. The molecule has 7 heteroatoms. The number of hydrogen-bond donors (Lipinski definition) is 2. The average Bonchev–Trinajstić information content (AvgIpc) is 3.07. The van der Waals surface area contributed by atoms with Crippen LogP contribution in [0.3, 0.4) is 0 Å². The summed E-state index contributed by atoms with van der Waals surface area (Å²) in [5.74, 6) is 1.40. The maximum atomic E-state index is 4.40. The third-order valence-electron chi connectivity index (χ3n) is 3.03. The number of aromatic amines is 1. The molecule has 3 aromatic rings. The quantitative estimate of drug-likeness (QED) is 0.766. The van der Waals surface area contributed by atoms with Crippen molar-refractivity contribution in [2.24, 2.45) is 0 Å². The Morgan fingerprint density at radius 3 is 2.52 bits per heavy atom. The summed E-state index contributed by atoms with van der Waals surface area (Å²) in [7, 11) is 0. The molecule has 0 fully saturated rings. The second-order valence-corrected chi connectivity index (χ2v) is 5.10. The van der Waals surface area contributed by atoms with Gasteiger partial charge in [0.05, 0.1) is 23.1 Å². The number of nitrogens with one attached hydrogen (secondary N) is 2. The molecule has 0 bridgehead atoms. The molecule has 3 rings (SSSR count). The highest BCUT2D eigenvalue weighted by Gasteiger charge is 2.11. The molecule has 7 nitrogen and oxygen atoms in total. The van der Waals surface area contributed by atoms with E-state index in [1.54, 1.807) is 24.8 Å². The van der Waals surface area contributed by atoms with Crippen molar-refractivity contribution < 1.29 is 0 Å². The smallest absolute Gasteiger partial charge is 0.222 e. The highest BCUT2D eigenvalue weighted by atomic mass is 15.2. The van der Waals surface area contributed by atoms with Gasteiger partial charge in [-0.25, -0.2) is 15.0 Å². The Morgan fingerprint density at radius 2 is 1.90 bits per heavy atom. The Bertz CT molecular complexity index is 724. The van der Waals surface area contributed by atoms with Crippen LogP contribution >= 0.6 is 0 Å². The fourth-order valence-electron chi connectivity index (χ4n) is 2.07. The predicted molar refractivity (Wildman–Crippen MR) is 80.2 cm³/mol. The molecule has 108 valence electrons.